The molecule has 0 saturated carbocycles. The number of piperidine rings is 1. The first kappa shape index (κ1) is 14.8. The molecule has 118 valence electrons. The van der Waals surface area contributed by atoms with E-state index in [1.165, 1.54) is 11.3 Å². The molecule has 6 heteroatoms. The number of hydrogen-bond donors (Lipinski definition) is 1. The van der Waals surface area contributed by atoms with E-state index in [4.69, 9.17) is 0 Å². The zero-order valence-corrected chi connectivity index (χ0v) is 14.1. The lowest BCUT2D eigenvalue weighted by atomic mass is 10.1. The minimum absolute atomic E-state index is 0.0149. The number of carbonyl (C=O) groups is 1. The first-order valence-electron chi connectivity index (χ1n) is 7.64. The van der Waals surface area contributed by atoms with E-state index in [9.17, 15) is 9.90 Å². The third-order valence-corrected chi connectivity index (χ3v) is 6.28. The molecule has 0 aliphatic carbocycles. The van der Waals surface area contributed by atoms with Crippen LogP contribution in [-0.4, -0.2) is 40.1 Å². The maximum Gasteiger partial charge on any atom is 0.264 e. The maximum atomic E-state index is 12.6. The number of para-hydroxylation sites is 1. The monoisotopic (exact) mass is 344 g/mol. The van der Waals surface area contributed by atoms with Gasteiger partial charge in [0, 0.05) is 13.1 Å². The average Bonchev–Trinajstić information content (AvgIpc) is 3.20. The number of thiophene rings is 1. The molecule has 4 nitrogen and oxygen atoms in total. The standard InChI is InChI=1S/C17H16N2O2S2/c20-11-4-3-9-19(10-11)17(21)15-8-7-14(22-15)16-18-12-5-1-2-6-13(12)23-16/h1-2,5-8,11,20H,3-4,9-10H2. The summed E-state index contributed by atoms with van der Waals surface area (Å²) in [5.41, 5.74) is 0.993. The smallest absolute Gasteiger partial charge is 0.264 e. The number of hydrogen-bond acceptors (Lipinski definition) is 5. The van der Waals surface area contributed by atoms with Crippen molar-refractivity contribution in [2.24, 2.45) is 0 Å². The quantitative estimate of drug-likeness (QED) is 0.772. The second kappa shape index (κ2) is 6.03. The van der Waals surface area contributed by atoms with Crippen molar-refractivity contribution in [2.75, 3.05) is 13.1 Å². The van der Waals surface area contributed by atoms with Crippen LogP contribution in [0, 0.1) is 0 Å². The third-order valence-electron chi connectivity index (χ3n) is 4.01. The van der Waals surface area contributed by atoms with Crippen LogP contribution in [0.3, 0.4) is 0 Å². The number of amides is 1. The largest absolute Gasteiger partial charge is 0.391 e. The third kappa shape index (κ3) is 2.89. The van der Waals surface area contributed by atoms with Crippen LogP contribution in [0.5, 0.6) is 0 Å². The Bertz CT molecular complexity index is 822. The molecule has 0 radical (unpaired) electrons. The van der Waals surface area contributed by atoms with E-state index in [0.717, 1.165) is 39.5 Å². The van der Waals surface area contributed by atoms with Crippen LogP contribution in [0.4, 0.5) is 0 Å². The van der Waals surface area contributed by atoms with Crippen LogP contribution in [0.15, 0.2) is 36.4 Å². The summed E-state index contributed by atoms with van der Waals surface area (Å²) >= 11 is 3.13. The molecule has 4 rings (SSSR count). The first-order chi connectivity index (χ1) is 11.2. The van der Waals surface area contributed by atoms with E-state index in [0.29, 0.717) is 11.4 Å². The fraction of sp³-hybridized carbons (Fsp3) is 0.294. The zero-order chi connectivity index (χ0) is 15.8. The molecule has 1 saturated heterocycles. The van der Waals surface area contributed by atoms with E-state index in [-0.39, 0.29) is 5.91 Å². The number of aliphatic hydroxyl groups excluding tert-OH is 1. The lowest BCUT2D eigenvalue weighted by Crippen LogP contribution is -2.41. The number of aliphatic hydroxyl groups is 1. The van der Waals surface area contributed by atoms with Gasteiger partial charge in [-0.3, -0.25) is 4.79 Å². The number of rotatable bonds is 2. The molecule has 1 N–H and O–H groups in total. The highest BCUT2D eigenvalue weighted by atomic mass is 32.1. The van der Waals surface area contributed by atoms with Gasteiger partial charge in [0.1, 0.15) is 5.01 Å². The predicted molar refractivity (Wildman–Crippen MR) is 94.1 cm³/mol. The van der Waals surface area contributed by atoms with Crippen molar-refractivity contribution in [3.05, 3.63) is 41.3 Å². The van der Waals surface area contributed by atoms with Gasteiger partial charge in [-0.15, -0.1) is 22.7 Å². The van der Waals surface area contributed by atoms with E-state index >= 15 is 0 Å². The van der Waals surface area contributed by atoms with Crippen LogP contribution in [0.25, 0.3) is 20.1 Å². The van der Waals surface area contributed by atoms with Crippen molar-refractivity contribution >= 4 is 38.8 Å². The van der Waals surface area contributed by atoms with Gasteiger partial charge >= 0.3 is 0 Å². The number of β-amino-alcohol motifs (C(OH)–C–C–N with tert-alkyl or cyclic N) is 1. The molecule has 1 amide bonds. The van der Waals surface area contributed by atoms with Gasteiger partial charge in [-0.1, -0.05) is 12.1 Å². The zero-order valence-electron chi connectivity index (χ0n) is 12.4. The lowest BCUT2D eigenvalue weighted by Gasteiger charge is -2.29. The number of carbonyl (C=O) groups excluding carboxylic acids is 1. The summed E-state index contributed by atoms with van der Waals surface area (Å²) in [6.07, 6.45) is 1.25. The van der Waals surface area contributed by atoms with Crippen molar-refractivity contribution in [1.29, 1.82) is 0 Å². The van der Waals surface area contributed by atoms with Gasteiger partial charge in [0.05, 0.1) is 26.1 Å². The van der Waals surface area contributed by atoms with Crippen molar-refractivity contribution in [3.63, 3.8) is 0 Å². The van der Waals surface area contributed by atoms with Crippen molar-refractivity contribution in [1.82, 2.24) is 9.88 Å². The fourth-order valence-corrected chi connectivity index (χ4v) is 4.83. The average molecular weight is 344 g/mol. The van der Waals surface area contributed by atoms with Crippen LogP contribution >= 0.6 is 22.7 Å². The molecule has 0 spiro atoms. The Morgan fingerprint density at radius 2 is 2.09 bits per heavy atom. The minimum atomic E-state index is -0.392. The number of fused-ring (bicyclic) bond motifs is 1. The maximum absolute atomic E-state index is 12.6. The first-order valence-corrected chi connectivity index (χ1v) is 9.27. The molecule has 1 fully saturated rings. The molecule has 1 unspecified atom stereocenters. The highest BCUT2D eigenvalue weighted by Gasteiger charge is 2.24. The van der Waals surface area contributed by atoms with Crippen molar-refractivity contribution in [2.45, 2.75) is 18.9 Å². The molecule has 3 heterocycles. The molecule has 1 atom stereocenters. The Morgan fingerprint density at radius 1 is 1.22 bits per heavy atom. The molecule has 23 heavy (non-hydrogen) atoms. The van der Waals surface area contributed by atoms with Gasteiger partial charge in [-0.2, -0.15) is 0 Å². The molecule has 1 aliphatic rings. The second-order valence-electron chi connectivity index (χ2n) is 5.70. The number of likely N-dealkylation sites (tertiary alicyclic amines) is 1. The van der Waals surface area contributed by atoms with Gasteiger partial charge in [0.25, 0.3) is 5.91 Å². The Kier molecular flexibility index (Phi) is 3.88. The van der Waals surface area contributed by atoms with E-state index in [2.05, 4.69) is 11.1 Å². The summed E-state index contributed by atoms with van der Waals surface area (Å²) in [6, 6.07) is 11.9. The summed E-state index contributed by atoms with van der Waals surface area (Å²) < 4.78 is 1.16. The SMILES string of the molecule is O=C(c1ccc(-c2nc3ccccc3s2)s1)N1CCCC(O)C1. The topological polar surface area (TPSA) is 53.4 Å². The molecular weight excluding hydrogens is 328 g/mol. The predicted octanol–water partition coefficient (Wildman–Crippen LogP) is 3.62. The fourth-order valence-electron chi connectivity index (χ4n) is 2.84. The Hall–Kier alpha value is -1.76. The van der Waals surface area contributed by atoms with E-state index in [1.54, 1.807) is 16.2 Å². The van der Waals surface area contributed by atoms with Crippen LogP contribution in [-0.2, 0) is 0 Å². The molecule has 3 aromatic rings. The highest BCUT2D eigenvalue weighted by molar-refractivity contribution is 7.26. The lowest BCUT2D eigenvalue weighted by molar-refractivity contribution is 0.0478. The number of nitrogens with zero attached hydrogens (tertiary/aromatic N) is 2. The normalized spacial score (nSPS) is 18.5. The van der Waals surface area contributed by atoms with Gasteiger partial charge in [-0.05, 0) is 37.1 Å². The number of thiazole rings is 1. The highest BCUT2D eigenvalue weighted by Crippen LogP contribution is 2.34. The summed E-state index contributed by atoms with van der Waals surface area (Å²) in [7, 11) is 0. The van der Waals surface area contributed by atoms with E-state index < -0.39 is 6.10 Å². The van der Waals surface area contributed by atoms with Gasteiger partial charge in [0.2, 0.25) is 0 Å². The summed E-state index contributed by atoms with van der Waals surface area (Å²) in [5.74, 6) is 0.0149. The van der Waals surface area contributed by atoms with Gasteiger partial charge in [-0.25, -0.2) is 4.98 Å². The molecule has 0 bridgehead atoms. The molecular formula is C17H16N2O2S2. The Labute approximate surface area is 142 Å². The van der Waals surface area contributed by atoms with Crippen molar-refractivity contribution < 1.29 is 9.90 Å². The van der Waals surface area contributed by atoms with E-state index in [1.807, 2.05) is 30.3 Å². The van der Waals surface area contributed by atoms with Gasteiger partial charge < -0.3 is 10.0 Å². The summed E-state index contributed by atoms with van der Waals surface area (Å²) in [6.45, 7) is 1.16. The summed E-state index contributed by atoms with van der Waals surface area (Å²) in [5, 5.41) is 10.7. The van der Waals surface area contributed by atoms with Crippen molar-refractivity contribution in [3.8, 4) is 9.88 Å². The van der Waals surface area contributed by atoms with Crippen LogP contribution in [0.2, 0.25) is 0 Å². The molecule has 1 aliphatic heterocycles. The number of benzene rings is 1. The minimum Gasteiger partial charge on any atom is -0.391 e. The summed E-state index contributed by atoms with van der Waals surface area (Å²) in [4.78, 5) is 20.7. The molecule has 1 aromatic carbocycles. The van der Waals surface area contributed by atoms with Gasteiger partial charge in [0.15, 0.2) is 0 Å². The number of aromatic nitrogens is 1. The van der Waals surface area contributed by atoms with Crippen LogP contribution in [0.1, 0.15) is 22.5 Å². The Morgan fingerprint density at radius 3 is 2.91 bits per heavy atom. The Balaban J connectivity index is 1.59. The second-order valence-corrected chi connectivity index (χ2v) is 7.81. The van der Waals surface area contributed by atoms with Crippen LogP contribution < -0.4 is 0 Å². The molecule has 2 aromatic heterocycles.